The van der Waals surface area contributed by atoms with E-state index in [-0.39, 0.29) is 17.0 Å². The third kappa shape index (κ3) is 6.16. The number of carbonyl (C=O) groups is 1. The summed E-state index contributed by atoms with van der Waals surface area (Å²) in [7, 11) is 0. The van der Waals surface area contributed by atoms with Gasteiger partial charge in [-0.25, -0.2) is 4.98 Å². The molecule has 2 heterocycles. The Kier molecular flexibility index (Phi) is 7.09. The van der Waals surface area contributed by atoms with Crippen LogP contribution in [-0.2, 0) is 10.2 Å². The number of hydrogen-bond donors (Lipinski definition) is 0. The van der Waals surface area contributed by atoms with Crippen LogP contribution in [0.25, 0.3) is 0 Å². The quantitative estimate of drug-likeness (QED) is 0.380. The van der Waals surface area contributed by atoms with Crippen LogP contribution >= 0.6 is 0 Å². The Morgan fingerprint density at radius 2 is 1.77 bits per heavy atom. The maximum atomic E-state index is 12.5. The van der Waals surface area contributed by atoms with Gasteiger partial charge in [0.15, 0.2) is 0 Å². The summed E-state index contributed by atoms with van der Waals surface area (Å²) >= 11 is 0. The van der Waals surface area contributed by atoms with Gasteiger partial charge in [0.25, 0.3) is 5.69 Å². The lowest BCUT2D eigenvalue weighted by Crippen LogP contribution is -2.49. The molecule has 8 heteroatoms. The van der Waals surface area contributed by atoms with Crippen LogP contribution in [0, 0.1) is 10.1 Å². The van der Waals surface area contributed by atoms with Gasteiger partial charge in [0, 0.05) is 38.7 Å². The molecule has 0 spiro atoms. The van der Waals surface area contributed by atoms with Crippen molar-refractivity contribution in [2.24, 2.45) is 0 Å². The summed E-state index contributed by atoms with van der Waals surface area (Å²) in [5.41, 5.74) is 1.35. The highest BCUT2D eigenvalue weighted by Crippen LogP contribution is 2.24. The molecule has 0 atom stereocenters. The van der Waals surface area contributed by atoms with Crippen LogP contribution in [0.1, 0.15) is 39.2 Å². The van der Waals surface area contributed by atoms with Crippen molar-refractivity contribution < 1.29 is 14.5 Å². The average molecular weight is 427 g/mol. The van der Waals surface area contributed by atoms with Gasteiger partial charge in [0.2, 0.25) is 5.91 Å². The van der Waals surface area contributed by atoms with E-state index < -0.39 is 4.92 Å². The molecule has 0 radical (unpaired) electrons. The third-order valence-electron chi connectivity index (χ3n) is 5.42. The van der Waals surface area contributed by atoms with Gasteiger partial charge in [-0.2, -0.15) is 0 Å². The maximum Gasteiger partial charge on any atom is 0.287 e. The summed E-state index contributed by atoms with van der Waals surface area (Å²) in [6.45, 7) is 9.59. The highest BCUT2D eigenvalue weighted by Gasteiger charge is 2.22. The van der Waals surface area contributed by atoms with Gasteiger partial charge in [-0.3, -0.25) is 14.9 Å². The molecule has 0 N–H and O–H groups in total. The van der Waals surface area contributed by atoms with Gasteiger partial charge in [-0.05, 0) is 35.6 Å². The van der Waals surface area contributed by atoms with Crippen molar-refractivity contribution in [3.63, 3.8) is 0 Å². The second-order valence-electron chi connectivity index (χ2n) is 8.73. The molecular formula is C23H30N4O4. The minimum Gasteiger partial charge on any atom is -0.494 e. The Balaban J connectivity index is 1.37. The molecule has 0 unspecified atom stereocenters. The largest absolute Gasteiger partial charge is 0.494 e. The standard InChI is InChI=1S/C23H30N4O4/c1-23(2,3)18-6-9-20(10-7-18)31-16-4-5-22(28)26-14-12-25(13-15-26)21-11-8-19(17-24-21)27(29)30/h6-11,17H,4-5,12-16H2,1-3H3. The van der Waals surface area contributed by atoms with Crippen LogP contribution in [0.15, 0.2) is 42.6 Å². The SMILES string of the molecule is CC(C)(C)c1ccc(OCCCC(=O)N2CCN(c3ccc([N+](=O)[O-])cn3)CC2)cc1. The summed E-state index contributed by atoms with van der Waals surface area (Å²) < 4.78 is 5.78. The number of piperazine rings is 1. The minimum atomic E-state index is -0.460. The van der Waals surface area contributed by atoms with E-state index in [0.29, 0.717) is 51.4 Å². The topological polar surface area (TPSA) is 88.8 Å². The van der Waals surface area contributed by atoms with Crippen LogP contribution < -0.4 is 9.64 Å². The fourth-order valence-corrected chi connectivity index (χ4v) is 3.48. The Hall–Kier alpha value is -3.16. The second kappa shape index (κ2) is 9.76. The molecule has 1 saturated heterocycles. The summed E-state index contributed by atoms with van der Waals surface area (Å²) in [5.74, 6) is 1.65. The zero-order valence-electron chi connectivity index (χ0n) is 18.4. The number of ether oxygens (including phenoxy) is 1. The van der Waals surface area contributed by atoms with Gasteiger partial charge in [-0.1, -0.05) is 32.9 Å². The molecule has 1 aromatic carbocycles. The predicted molar refractivity (Wildman–Crippen MR) is 120 cm³/mol. The van der Waals surface area contributed by atoms with E-state index in [1.54, 1.807) is 6.07 Å². The molecule has 1 aromatic heterocycles. The zero-order valence-corrected chi connectivity index (χ0v) is 18.4. The monoisotopic (exact) mass is 426 g/mol. The van der Waals surface area contributed by atoms with Crippen molar-refractivity contribution >= 4 is 17.4 Å². The van der Waals surface area contributed by atoms with Gasteiger partial charge < -0.3 is 14.5 Å². The second-order valence-corrected chi connectivity index (χ2v) is 8.73. The molecule has 3 rings (SSSR count). The fraction of sp³-hybridized carbons (Fsp3) is 0.478. The fourth-order valence-electron chi connectivity index (χ4n) is 3.48. The number of aromatic nitrogens is 1. The van der Waals surface area contributed by atoms with E-state index in [4.69, 9.17) is 4.74 Å². The van der Waals surface area contributed by atoms with Crippen LogP contribution in [0.4, 0.5) is 11.5 Å². The molecule has 2 aromatic rings. The first-order chi connectivity index (χ1) is 14.7. The lowest BCUT2D eigenvalue weighted by molar-refractivity contribution is -0.385. The van der Waals surface area contributed by atoms with E-state index in [9.17, 15) is 14.9 Å². The number of anilines is 1. The first kappa shape index (κ1) is 22.5. The number of nitrogens with zero attached hydrogens (tertiary/aromatic N) is 4. The number of nitro groups is 1. The molecule has 1 fully saturated rings. The average Bonchev–Trinajstić information content (AvgIpc) is 2.76. The highest BCUT2D eigenvalue weighted by atomic mass is 16.6. The van der Waals surface area contributed by atoms with Gasteiger partial charge in [0.1, 0.15) is 17.8 Å². The van der Waals surface area contributed by atoms with E-state index in [2.05, 4.69) is 37.9 Å². The molecular weight excluding hydrogens is 396 g/mol. The molecule has 1 amide bonds. The van der Waals surface area contributed by atoms with Gasteiger partial charge in [-0.15, -0.1) is 0 Å². The summed E-state index contributed by atoms with van der Waals surface area (Å²) in [6, 6.07) is 11.2. The number of pyridine rings is 1. The van der Waals surface area contributed by atoms with E-state index in [1.165, 1.54) is 17.8 Å². The highest BCUT2D eigenvalue weighted by molar-refractivity contribution is 5.76. The summed E-state index contributed by atoms with van der Waals surface area (Å²) in [6.07, 6.45) is 2.39. The lowest BCUT2D eigenvalue weighted by Gasteiger charge is -2.35. The molecule has 1 aliphatic heterocycles. The smallest absolute Gasteiger partial charge is 0.287 e. The van der Waals surface area contributed by atoms with Crippen molar-refractivity contribution in [1.82, 2.24) is 9.88 Å². The van der Waals surface area contributed by atoms with Crippen LogP contribution in [0.5, 0.6) is 5.75 Å². The Labute approximate surface area is 183 Å². The molecule has 8 nitrogen and oxygen atoms in total. The summed E-state index contributed by atoms with van der Waals surface area (Å²) in [5, 5.41) is 10.7. The van der Waals surface area contributed by atoms with E-state index in [1.807, 2.05) is 21.9 Å². The van der Waals surface area contributed by atoms with Gasteiger partial charge in [0.05, 0.1) is 11.5 Å². The maximum absolute atomic E-state index is 12.5. The molecule has 166 valence electrons. The minimum absolute atomic E-state index is 0.0232. The number of rotatable bonds is 7. The lowest BCUT2D eigenvalue weighted by atomic mass is 9.87. The zero-order chi connectivity index (χ0) is 22.4. The predicted octanol–water partition coefficient (Wildman–Crippen LogP) is 3.80. The first-order valence-electron chi connectivity index (χ1n) is 10.6. The van der Waals surface area contributed by atoms with Crippen molar-refractivity contribution in [2.75, 3.05) is 37.7 Å². The van der Waals surface area contributed by atoms with Crippen molar-refractivity contribution in [3.05, 3.63) is 58.3 Å². The number of carbonyl (C=O) groups excluding carboxylic acids is 1. The molecule has 31 heavy (non-hydrogen) atoms. The van der Waals surface area contributed by atoms with E-state index >= 15 is 0 Å². The third-order valence-corrected chi connectivity index (χ3v) is 5.42. The van der Waals surface area contributed by atoms with Crippen molar-refractivity contribution in [1.29, 1.82) is 0 Å². The van der Waals surface area contributed by atoms with Crippen molar-refractivity contribution in [3.8, 4) is 5.75 Å². The molecule has 1 aliphatic rings. The number of benzene rings is 1. The molecule has 0 saturated carbocycles. The van der Waals surface area contributed by atoms with E-state index in [0.717, 1.165) is 5.75 Å². The van der Waals surface area contributed by atoms with Crippen LogP contribution in [0.3, 0.4) is 0 Å². The Bertz CT molecular complexity index is 883. The normalized spacial score (nSPS) is 14.4. The summed E-state index contributed by atoms with van der Waals surface area (Å²) in [4.78, 5) is 30.8. The first-order valence-corrected chi connectivity index (χ1v) is 10.6. The van der Waals surface area contributed by atoms with Crippen LogP contribution in [0.2, 0.25) is 0 Å². The van der Waals surface area contributed by atoms with Crippen molar-refractivity contribution in [2.45, 2.75) is 39.0 Å². The number of hydrogen-bond acceptors (Lipinski definition) is 6. The molecule has 0 aliphatic carbocycles. The number of amides is 1. The molecule has 0 bridgehead atoms. The van der Waals surface area contributed by atoms with Crippen LogP contribution in [-0.4, -0.2) is 53.5 Å². The Morgan fingerprint density at radius 1 is 1.10 bits per heavy atom. The Morgan fingerprint density at radius 3 is 2.32 bits per heavy atom. The van der Waals surface area contributed by atoms with Gasteiger partial charge >= 0.3 is 0 Å².